The number of hydrogen-bond acceptors (Lipinski definition) is 5. The highest BCUT2D eigenvalue weighted by molar-refractivity contribution is 5.80. The maximum atomic E-state index is 13.3. The third-order valence-electron chi connectivity index (χ3n) is 4.90. The van der Waals surface area contributed by atoms with E-state index in [1.165, 1.54) is 27.7 Å². The van der Waals surface area contributed by atoms with Crippen LogP contribution < -0.4 is 5.56 Å². The molecule has 1 amide bonds. The fourth-order valence-corrected chi connectivity index (χ4v) is 3.62. The number of carboxylic acid groups (broad SMARTS) is 1. The molecule has 1 saturated heterocycles. The van der Waals surface area contributed by atoms with Gasteiger partial charge in [-0.25, -0.2) is 9.78 Å². The number of aromatic nitrogens is 2. The molecule has 1 atom stereocenters. The van der Waals surface area contributed by atoms with E-state index >= 15 is 0 Å². The number of carbonyl (C=O) groups is 1. The van der Waals surface area contributed by atoms with Gasteiger partial charge >= 0.3 is 6.09 Å². The van der Waals surface area contributed by atoms with E-state index in [4.69, 9.17) is 0 Å². The molecule has 0 saturated carbocycles. The average molecular weight is 380 g/mol. The Balaban J connectivity index is 2.03. The Kier molecular flexibility index (Phi) is 4.26. The van der Waals surface area contributed by atoms with Crippen LogP contribution in [0.25, 0.3) is 16.6 Å². The summed E-state index contributed by atoms with van der Waals surface area (Å²) in [4.78, 5) is 41.3. The zero-order valence-electron chi connectivity index (χ0n) is 14.7. The summed E-state index contributed by atoms with van der Waals surface area (Å²) in [5.41, 5.74) is 0.162. The predicted molar refractivity (Wildman–Crippen MR) is 101 cm³/mol. The van der Waals surface area contributed by atoms with Crippen molar-refractivity contribution in [2.45, 2.75) is 18.9 Å². The number of nitro groups is 1. The number of nitrogens with zero attached hydrogens (tertiary/aromatic N) is 4. The van der Waals surface area contributed by atoms with Crippen molar-refractivity contribution in [3.63, 3.8) is 0 Å². The second-order valence-electron chi connectivity index (χ2n) is 6.54. The number of benzene rings is 2. The van der Waals surface area contributed by atoms with E-state index < -0.39 is 22.6 Å². The number of amides is 1. The lowest BCUT2D eigenvalue weighted by Gasteiger charge is -2.24. The number of likely N-dealkylation sites (tertiary alicyclic amines) is 1. The number of hydrogen-bond donors (Lipinski definition) is 1. The van der Waals surface area contributed by atoms with Gasteiger partial charge in [-0.2, -0.15) is 0 Å². The lowest BCUT2D eigenvalue weighted by atomic mass is 10.1. The van der Waals surface area contributed by atoms with Crippen LogP contribution in [0.4, 0.5) is 10.5 Å². The van der Waals surface area contributed by atoms with Crippen LogP contribution in [0, 0.1) is 10.1 Å². The van der Waals surface area contributed by atoms with Crippen LogP contribution in [0.5, 0.6) is 0 Å². The smallest absolute Gasteiger partial charge is 0.407 e. The fourth-order valence-electron chi connectivity index (χ4n) is 3.62. The third kappa shape index (κ3) is 2.86. The molecule has 1 aliphatic heterocycles. The molecule has 0 aliphatic carbocycles. The van der Waals surface area contributed by atoms with Crippen molar-refractivity contribution in [2.75, 3.05) is 6.54 Å². The normalized spacial score (nSPS) is 16.4. The average Bonchev–Trinajstić information content (AvgIpc) is 3.18. The Morgan fingerprint density at radius 1 is 1.21 bits per heavy atom. The van der Waals surface area contributed by atoms with E-state index in [-0.39, 0.29) is 11.1 Å². The van der Waals surface area contributed by atoms with E-state index in [0.717, 1.165) is 0 Å². The van der Waals surface area contributed by atoms with Crippen LogP contribution in [0.15, 0.2) is 53.3 Å². The van der Waals surface area contributed by atoms with Gasteiger partial charge in [0.25, 0.3) is 11.2 Å². The van der Waals surface area contributed by atoms with E-state index in [2.05, 4.69) is 4.98 Å². The van der Waals surface area contributed by atoms with Gasteiger partial charge in [0.05, 0.1) is 27.6 Å². The molecule has 1 fully saturated rings. The first-order valence-corrected chi connectivity index (χ1v) is 8.73. The quantitative estimate of drug-likeness (QED) is 0.551. The van der Waals surface area contributed by atoms with Crippen molar-refractivity contribution in [1.82, 2.24) is 14.5 Å². The molecule has 1 unspecified atom stereocenters. The molecule has 9 nitrogen and oxygen atoms in total. The first-order valence-electron chi connectivity index (χ1n) is 8.73. The van der Waals surface area contributed by atoms with Crippen LogP contribution in [0.1, 0.15) is 24.7 Å². The summed E-state index contributed by atoms with van der Waals surface area (Å²) < 4.78 is 1.36. The Morgan fingerprint density at radius 2 is 1.96 bits per heavy atom. The summed E-state index contributed by atoms with van der Waals surface area (Å²) in [6, 6.07) is 12.1. The monoisotopic (exact) mass is 380 g/mol. The Morgan fingerprint density at radius 3 is 2.64 bits per heavy atom. The van der Waals surface area contributed by atoms with Crippen LogP contribution in [0.3, 0.4) is 0 Å². The molecule has 1 N–H and O–H groups in total. The standard InChI is InChI=1S/C19H16N4O5/c24-18-14-11-13(23(27)28)8-9-15(14)20-17(16-7-4-10-21(16)19(25)26)22(18)12-5-2-1-3-6-12/h1-3,5-6,8-9,11,16H,4,7,10H2,(H,25,26). The van der Waals surface area contributed by atoms with Gasteiger partial charge < -0.3 is 5.11 Å². The van der Waals surface area contributed by atoms with Gasteiger partial charge in [-0.3, -0.25) is 24.4 Å². The highest BCUT2D eigenvalue weighted by atomic mass is 16.6. The van der Waals surface area contributed by atoms with Crippen LogP contribution in [-0.2, 0) is 0 Å². The van der Waals surface area contributed by atoms with Gasteiger partial charge in [0.1, 0.15) is 5.82 Å². The van der Waals surface area contributed by atoms with Crippen LogP contribution in [-0.4, -0.2) is 37.1 Å². The van der Waals surface area contributed by atoms with Crippen molar-refractivity contribution in [3.05, 3.63) is 74.8 Å². The molecule has 2 heterocycles. The third-order valence-corrected chi connectivity index (χ3v) is 4.90. The molecule has 0 radical (unpaired) electrons. The second-order valence-corrected chi connectivity index (χ2v) is 6.54. The molecule has 0 spiro atoms. The Labute approximate surface area is 158 Å². The van der Waals surface area contributed by atoms with E-state index in [1.807, 2.05) is 0 Å². The molecule has 9 heteroatoms. The minimum atomic E-state index is -1.07. The molecule has 1 aromatic heterocycles. The summed E-state index contributed by atoms with van der Waals surface area (Å²) in [6.45, 7) is 0.364. The number of fused-ring (bicyclic) bond motifs is 1. The van der Waals surface area contributed by atoms with Gasteiger partial charge in [0, 0.05) is 18.7 Å². The summed E-state index contributed by atoms with van der Waals surface area (Å²) >= 11 is 0. The lowest BCUT2D eigenvalue weighted by molar-refractivity contribution is -0.384. The molecule has 28 heavy (non-hydrogen) atoms. The number of nitro benzene ring substituents is 1. The van der Waals surface area contributed by atoms with Gasteiger partial charge in [-0.15, -0.1) is 0 Å². The minimum absolute atomic E-state index is 0.113. The zero-order chi connectivity index (χ0) is 19.8. The molecular weight excluding hydrogens is 364 g/mol. The molecule has 4 rings (SSSR count). The van der Waals surface area contributed by atoms with Crippen molar-refractivity contribution in [3.8, 4) is 5.69 Å². The fraction of sp³-hybridized carbons (Fsp3) is 0.211. The predicted octanol–water partition coefficient (Wildman–Crippen LogP) is 3.11. The largest absolute Gasteiger partial charge is 0.465 e. The zero-order valence-corrected chi connectivity index (χ0v) is 14.7. The molecule has 3 aromatic rings. The summed E-state index contributed by atoms with van der Waals surface area (Å²) in [6.07, 6.45) is 0.143. The topological polar surface area (TPSA) is 119 Å². The van der Waals surface area contributed by atoms with Crippen molar-refractivity contribution >= 4 is 22.7 Å². The van der Waals surface area contributed by atoms with Gasteiger partial charge in [-0.1, -0.05) is 18.2 Å². The maximum absolute atomic E-state index is 13.3. The first kappa shape index (κ1) is 17.7. The molecule has 2 aromatic carbocycles. The van der Waals surface area contributed by atoms with Crippen molar-refractivity contribution in [1.29, 1.82) is 0 Å². The Bertz CT molecular complexity index is 1140. The van der Waals surface area contributed by atoms with Crippen LogP contribution in [0.2, 0.25) is 0 Å². The van der Waals surface area contributed by atoms with Gasteiger partial charge in [0.15, 0.2) is 0 Å². The summed E-state index contributed by atoms with van der Waals surface area (Å²) in [7, 11) is 0. The molecule has 142 valence electrons. The number of para-hydroxylation sites is 1. The maximum Gasteiger partial charge on any atom is 0.407 e. The summed E-state index contributed by atoms with van der Waals surface area (Å²) in [5, 5.41) is 20.7. The first-order chi connectivity index (χ1) is 13.5. The highest BCUT2D eigenvalue weighted by Gasteiger charge is 2.34. The van der Waals surface area contributed by atoms with Crippen LogP contribution >= 0.6 is 0 Å². The molecular formula is C19H16N4O5. The minimum Gasteiger partial charge on any atom is -0.465 e. The molecule has 1 aliphatic rings. The summed E-state index contributed by atoms with van der Waals surface area (Å²) in [5.74, 6) is 0.317. The number of rotatable bonds is 3. The second kappa shape index (κ2) is 6.76. The lowest BCUT2D eigenvalue weighted by Crippen LogP contribution is -2.34. The van der Waals surface area contributed by atoms with Gasteiger partial charge in [-0.05, 0) is 31.0 Å². The van der Waals surface area contributed by atoms with E-state index in [0.29, 0.717) is 36.4 Å². The Hall–Kier alpha value is -3.75. The van der Waals surface area contributed by atoms with Crippen molar-refractivity contribution < 1.29 is 14.8 Å². The highest BCUT2D eigenvalue weighted by Crippen LogP contribution is 2.32. The van der Waals surface area contributed by atoms with E-state index in [9.17, 15) is 24.8 Å². The van der Waals surface area contributed by atoms with E-state index in [1.54, 1.807) is 30.3 Å². The SMILES string of the molecule is O=C(O)N1CCCC1c1nc2ccc([N+](=O)[O-])cc2c(=O)n1-c1ccccc1. The van der Waals surface area contributed by atoms with Crippen molar-refractivity contribution in [2.24, 2.45) is 0 Å². The number of non-ortho nitro benzene ring substituents is 1. The molecule has 0 bridgehead atoms. The van der Waals surface area contributed by atoms with Gasteiger partial charge in [0.2, 0.25) is 0 Å².